The van der Waals surface area contributed by atoms with Gasteiger partial charge in [-0.2, -0.15) is 0 Å². The van der Waals surface area contributed by atoms with E-state index in [0.29, 0.717) is 0 Å². The van der Waals surface area contributed by atoms with Crippen molar-refractivity contribution in [2.24, 2.45) is 4.99 Å². The summed E-state index contributed by atoms with van der Waals surface area (Å²) in [6.07, 6.45) is 1.77. The van der Waals surface area contributed by atoms with Crippen LogP contribution >= 0.6 is 11.6 Å². The van der Waals surface area contributed by atoms with Crippen LogP contribution in [0.25, 0.3) is 0 Å². The lowest BCUT2D eigenvalue weighted by molar-refractivity contribution is 0.780. The van der Waals surface area contributed by atoms with Gasteiger partial charge in [0.25, 0.3) is 0 Å². The van der Waals surface area contributed by atoms with Gasteiger partial charge in [0.2, 0.25) is 0 Å². The van der Waals surface area contributed by atoms with E-state index < -0.39 is 0 Å². The maximum atomic E-state index is 6.11. The number of amidine groups is 1. The number of pyridine rings is 1. The molecule has 1 atom stereocenters. The molecule has 2 aromatic rings. The van der Waals surface area contributed by atoms with Gasteiger partial charge in [-0.25, -0.2) is 0 Å². The number of hydrogen-bond acceptors (Lipinski definition) is 3. The SMILES string of the molecule is CC1=C(C)C(c2cccc(Cl)c2)N=C(c2ccccn2)N1. The average Bonchev–Trinajstić information content (AvgIpc) is 2.51. The van der Waals surface area contributed by atoms with Crippen molar-refractivity contribution in [3.8, 4) is 0 Å². The molecular formula is C17H16ClN3. The molecule has 1 aliphatic rings. The standard InChI is InChI=1S/C17H16ClN3/c1-11-12(2)20-17(15-8-3-4-9-19-15)21-16(11)13-6-5-7-14(18)10-13/h3-10,16H,1-2H3,(H,20,21). The zero-order valence-corrected chi connectivity index (χ0v) is 12.7. The summed E-state index contributed by atoms with van der Waals surface area (Å²) in [5, 5.41) is 4.06. The number of nitrogens with one attached hydrogen (secondary N) is 1. The van der Waals surface area contributed by atoms with Crippen LogP contribution in [0.4, 0.5) is 0 Å². The Balaban J connectivity index is 2.05. The lowest BCUT2D eigenvalue weighted by atomic mass is 9.97. The summed E-state index contributed by atoms with van der Waals surface area (Å²) in [7, 11) is 0. The van der Waals surface area contributed by atoms with Crippen LogP contribution in [0.1, 0.15) is 31.1 Å². The summed E-state index contributed by atoms with van der Waals surface area (Å²) >= 11 is 6.11. The quantitative estimate of drug-likeness (QED) is 0.905. The van der Waals surface area contributed by atoms with Crippen LogP contribution in [-0.4, -0.2) is 10.8 Å². The van der Waals surface area contributed by atoms with Gasteiger partial charge in [0.15, 0.2) is 5.84 Å². The predicted molar refractivity (Wildman–Crippen MR) is 86.5 cm³/mol. The number of aliphatic imine (C=N–C) groups is 1. The topological polar surface area (TPSA) is 37.3 Å². The third-order valence-electron chi connectivity index (χ3n) is 3.64. The number of hydrogen-bond donors (Lipinski definition) is 1. The molecular weight excluding hydrogens is 282 g/mol. The Hall–Kier alpha value is -2.13. The molecule has 21 heavy (non-hydrogen) atoms. The van der Waals surface area contributed by atoms with Crippen LogP contribution in [0.5, 0.6) is 0 Å². The van der Waals surface area contributed by atoms with Crippen LogP contribution < -0.4 is 5.32 Å². The third kappa shape index (κ3) is 2.83. The van der Waals surface area contributed by atoms with Gasteiger partial charge in [-0.05, 0) is 49.2 Å². The fraction of sp³-hybridized carbons (Fsp3) is 0.176. The van der Waals surface area contributed by atoms with E-state index in [0.717, 1.165) is 27.8 Å². The van der Waals surface area contributed by atoms with E-state index in [2.05, 4.69) is 30.2 Å². The molecule has 0 saturated carbocycles. The molecule has 0 fully saturated rings. The van der Waals surface area contributed by atoms with Crippen LogP contribution in [0.15, 0.2) is 64.9 Å². The van der Waals surface area contributed by atoms with Gasteiger partial charge in [0, 0.05) is 16.9 Å². The van der Waals surface area contributed by atoms with Crippen molar-refractivity contribution in [1.29, 1.82) is 0 Å². The molecule has 0 spiro atoms. The Kier molecular flexibility index (Phi) is 3.76. The van der Waals surface area contributed by atoms with E-state index in [1.807, 2.05) is 36.4 Å². The van der Waals surface area contributed by atoms with Crippen molar-refractivity contribution in [2.45, 2.75) is 19.9 Å². The Bertz CT molecular complexity index is 720. The van der Waals surface area contributed by atoms with Gasteiger partial charge >= 0.3 is 0 Å². The number of rotatable bonds is 2. The van der Waals surface area contributed by atoms with Crippen molar-refractivity contribution >= 4 is 17.4 Å². The number of allylic oxidation sites excluding steroid dienone is 1. The summed E-state index contributed by atoms with van der Waals surface area (Å²) in [4.78, 5) is 9.19. The molecule has 1 N–H and O–H groups in total. The van der Waals surface area contributed by atoms with Crippen LogP contribution in [-0.2, 0) is 0 Å². The molecule has 106 valence electrons. The third-order valence-corrected chi connectivity index (χ3v) is 3.87. The molecule has 4 heteroatoms. The maximum Gasteiger partial charge on any atom is 0.152 e. The number of aromatic nitrogens is 1. The van der Waals surface area contributed by atoms with Gasteiger partial charge in [-0.3, -0.25) is 9.98 Å². The second-order valence-corrected chi connectivity index (χ2v) is 5.52. The molecule has 1 unspecified atom stereocenters. The smallest absolute Gasteiger partial charge is 0.152 e. The molecule has 3 rings (SSSR count). The van der Waals surface area contributed by atoms with Crippen molar-refractivity contribution in [1.82, 2.24) is 10.3 Å². The number of nitrogens with zero attached hydrogens (tertiary/aromatic N) is 2. The fourth-order valence-corrected chi connectivity index (χ4v) is 2.57. The largest absolute Gasteiger partial charge is 0.343 e. The van der Waals surface area contributed by atoms with Crippen molar-refractivity contribution in [3.05, 3.63) is 76.2 Å². The molecule has 0 aliphatic carbocycles. The van der Waals surface area contributed by atoms with Gasteiger partial charge in [-0.1, -0.05) is 29.8 Å². The minimum absolute atomic E-state index is 0.0260. The van der Waals surface area contributed by atoms with Gasteiger partial charge in [-0.15, -0.1) is 0 Å². The molecule has 1 aromatic heterocycles. The molecule has 1 aromatic carbocycles. The summed E-state index contributed by atoms with van der Waals surface area (Å²) < 4.78 is 0. The number of benzene rings is 1. The zero-order chi connectivity index (χ0) is 14.8. The molecule has 0 amide bonds. The van der Waals surface area contributed by atoms with E-state index in [-0.39, 0.29) is 6.04 Å². The van der Waals surface area contributed by atoms with Gasteiger partial charge in [0.1, 0.15) is 11.7 Å². The van der Waals surface area contributed by atoms with E-state index >= 15 is 0 Å². The Morgan fingerprint density at radius 2 is 1.95 bits per heavy atom. The van der Waals surface area contributed by atoms with E-state index in [9.17, 15) is 0 Å². The Morgan fingerprint density at radius 3 is 2.67 bits per heavy atom. The molecule has 0 bridgehead atoms. The maximum absolute atomic E-state index is 6.11. The summed E-state index contributed by atoms with van der Waals surface area (Å²) in [5.41, 5.74) is 4.23. The molecule has 0 radical (unpaired) electrons. The average molecular weight is 298 g/mol. The lowest BCUT2D eigenvalue weighted by Crippen LogP contribution is -2.29. The second kappa shape index (κ2) is 5.70. The first-order valence-corrected chi connectivity index (χ1v) is 7.22. The minimum Gasteiger partial charge on any atom is -0.343 e. The Labute approximate surface area is 129 Å². The van der Waals surface area contributed by atoms with Gasteiger partial charge < -0.3 is 5.32 Å². The van der Waals surface area contributed by atoms with E-state index in [1.165, 1.54) is 5.57 Å². The fourth-order valence-electron chi connectivity index (χ4n) is 2.37. The first kappa shape index (κ1) is 13.8. The first-order chi connectivity index (χ1) is 10.1. The highest BCUT2D eigenvalue weighted by Crippen LogP contribution is 2.31. The molecule has 1 aliphatic heterocycles. The molecule has 0 saturated heterocycles. The second-order valence-electron chi connectivity index (χ2n) is 5.08. The van der Waals surface area contributed by atoms with Gasteiger partial charge in [0.05, 0.1) is 0 Å². The normalized spacial score (nSPS) is 18.2. The first-order valence-electron chi connectivity index (χ1n) is 6.84. The highest BCUT2D eigenvalue weighted by molar-refractivity contribution is 6.30. The van der Waals surface area contributed by atoms with E-state index in [4.69, 9.17) is 16.6 Å². The monoisotopic (exact) mass is 297 g/mol. The predicted octanol–water partition coefficient (Wildman–Crippen LogP) is 4.12. The van der Waals surface area contributed by atoms with Crippen molar-refractivity contribution < 1.29 is 0 Å². The lowest BCUT2D eigenvalue weighted by Gasteiger charge is -2.25. The molecule has 2 heterocycles. The minimum atomic E-state index is -0.0260. The van der Waals surface area contributed by atoms with Crippen molar-refractivity contribution in [2.75, 3.05) is 0 Å². The summed E-state index contributed by atoms with van der Waals surface area (Å²) in [6, 6.07) is 13.6. The highest BCUT2D eigenvalue weighted by atomic mass is 35.5. The Morgan fingerprint density at radius 1 is 1.10 bits per heavy atom. The number of halogens is 1. The van der Waals surface area contributed by atoms with Crippen LogP contribution in [0.2, 0.25) is 5.02 Å². The molecule has 3 nitrogen and oxygen atoms in total. The van der Waals surface area contributed by atoms with E-state index in [1.54, 1.807) is 6.20 Å². The van der Waals surface area contributed by atoms with Crippen LogP contribution in [0.3, 0.4) is 0 Å². The van der Waals surface area contributed by atoms with Crippen molar-refractivity contribution in [3.63, 3.8) is 0 Å². The van der Waals surface area contributed by atoms with Crippen LogP contribution in [0, 0.1) is 0 Å². The highest BCUT2D eigenvalue weighted by Gasteiger charge is 2.22. The summed E-state index contributed by atoms with van der Waals surface area (Å²) in [6.45, 7) is 4.15. The summed E-state index contributed by atoms with van der Waals surface area (Å²) in [5.74, 6) is 0.795. The zero-order valence-electron chi connectivity index (χ0n) is 12.0.